The van der Waals surface area contributed by atoms with Crippen LogP contribution in [0.15, 0.2) is 0 Å². The zero-order valence-corrected chi connectivity index (χ0v) is 11.8. The Labute approximate surface area is 113 Å². The number of hydrogen-bond donors (Lipinski definition) is 2. The van der Waals surface area contributed by atoms with E-state index in [2.05, 4.69) is 5.32 Å². The molecule has 0 spiro atoms. The first kappa shape index (κ1) is 14.2. The standard InChI is InChI=1S/C14H23NO4/c1-14(2,3)19-13(18)15-11-7-6-10(12(16)17)8-4-5-9(8)11/h8-11H,4-7H2,1-3H3,(H,15,18)(H,16,17). The third-order valence-electron chi connectivity index (χ3n) is 4.22. The second-order valence-corrected chi connectivity index (χ2v) is 6.68. The third kappa shape index (κ3) is 3.19. The molecule has 19 heavy (non-hydrogen) atoms. The van der Waals surface area contributed by atoms with Crippen molar-refractivity contribution in [1.29, 1.82) is 0 Å². The molecule has 0 aromatic heterocycles. The van der Waals surface area contributed by atoms with Crippen LogP contribution in [0.25, 0.3) is 0 Å². The van der Waals surface area contributed by atoms with E-state index >= 15 is 0 Å². The molecular weight excluding hydrogens is 246 g/mol. The number of ether oxygens (including phenoxy) is 1. The number of hydrogen-bond acceptors (Lipinski definition) is 3. The van der Waals surface area contributed by atoms with E-state index in [0.717, 1.165) is 19.3 Å². The van der Waals surface area contributed by atoms with E-state index in [-0.39, 0.29) is 17.9 Å². The zero-order chi connectivity index (χ0) is 14.2. The minimum Gasteiger partial charge on any atom is -0.481 e. The Bertz CT molecular complexity index is 374. The number of fused-ring (bicyclic) bond motifs is 1. The van der Waals surface area contributed by atoms with Gasteiger partial charge in [0.25, 0.3) is 0 Å². The number of alkyl carbamates (subject to hydrolysis) is 1. The summed E-state index contributed by atoms with van der Waals surface area (Å²) in [7, 11) is 0. The summed E-state index contributed by atoms with van der Waals surface area (Å²) in [6.45, 7) is 5.50. The molecule has 2 N–H and O–H groups in total. The molecule has 2 aliphatic rings. The number of nitrogens with one attached hydrogen (secondary N) is 1. The van der Waals surface area contributed by atoms with Gasteiger partial charge < -0.3 is 15.2 Å². The van der Waals surface area contributed by atoms with Crippen LogP contribution in [0.2, 0.25) is 0 Å². The topological polar surface area (TPSA) is 75.6 Å². The monoisotopic (exact) mass is 269 g/mol. The van der Waals surface area contributed by atoms with Crippen LogP contribution in [-0.4, -0.2) is 28.8 Å². The number of aliphatic carboxylic acids is 1. The fraction of sp³-hybridized carbons (Fsp3) is 0.857. The summed E-state index contributed by atoms with van der Waals surface area (Å²) < 4.78 is 5.26. The molecule has 0 radical (unpaired) electrons. The summed E-state index contributed by atoms with van der Waals surface area (Å²) in [6, 6.07) is 0.0733. The van der Waals surface area contributed by atoms with E-state index in [4.69, 9.17) is 9.84 Å². The largest absolute Gasteiger partial charge is 0.481 e. The van der Waals surface area contributed by atoms with Crippen LogP contribution in [0.4, 0.5) is 4.79 Å². The van der Waals surface area contributed by atoms with Crippen molar-refractivity contribution in [2.45, 2.75) is 58.1 Å². The van der Waals surface area contributed by atoms with E-state index in [1.807, 2.05) is 20.8 Å². The Hall–Kier alpha value is -1.26. The van der Waals surface area contributed by atoms with Gasteiger partial charge >= 0.3 is 12.1 Å². The van der Waals surface area contributed by atoms with Crippen molar-refractivity contribution in [3.63, 3.8) is 0 Å². The van der Waals surface area contributed by atoms with Crippen LogP contribution in [0.3, 0.4) is 0 Å². The molecule has 0 aliphatic heterocycles. The molecule has 0 bridgehead atoms. The molecule has 1 amide bonds. The van der Waals surface area contributed by atoms with Crippen molar-refractivity contribution in [1.82, 2.24) is 5.32 Å². The maximum atomic E-state index is 11.8. The quantitative estimate of drug-likeness (QED) is 0.807. The molecule has 2 saturated carbocycles. The first-order valence-corrected chi connectivity index (χ1v) is 7.00. The minimum absolute atomic E-state index is 0.0733. The lowest BCUT2D eigenvalue weighted by molar-refractivity contribution is -0.149. The van der Waals surface area contributed by atoms with Crippen LogP contribution in [0.5, 0.6) is 0 Å². The molecule has 5 nitrogen and oxygen atoms in total. The SMILES string of the molecule is CC(C)(C)OC(=O)NC1CCC(C(=O)O)C2CCC12. The van der Waals surface area contributed by atoms with Gasteiger partial charge in [0.1, 0.15) is 5.60 Å². The van der Waals surface area contributed by atoms with Gasteiger partial charge in [-0.3, -0.25) is 4.79 Å². The fourth-order valence-electron chi connectivity index (χ4n) is 3.28. The van der Waals surface area contributed by atoms with Crippen LogP contribution in [-0.2, 0) is 9.53 Å². The zero-order valence-electron chi connectivity index (χ0n) is 11.8. The number of carboxylic acids is 1. The van der Waals surface area contributed by atoms with Crippen LogP contribution in [0, 0.1) is 17.8 Å². The lowest BCUT2D eigenvalue weighted by Gasteiger charge is -2.49. The number of carbonyl (C=O) groups is 2. The van der Waals surface area contributed by atoms with Crippen molar-refractivity contribution in [3.8, 4) is 0 Å². The highest BCUT2D eigenvalue weighted by atomic mass is 16.6. The molecule has 4 atom stereocenters. The average molecular weight is 269 g/mol. The molecule has 2 rings (SSSR count). The smallest absolute Gasteiger partial charge is 0.407 e. The van der Waals surface area contributed by atoms with Gasteiger partial charge in [-0.05, 0) is 58.3 Å². The molecule has 0 aromatic rings. The van der Waals surface area contributed by atoms with Crippen LogP contribution < -0.4 is 5.32 Å². The van der Waals surface area contributed by atoms with Gasteiger partial charge in [-0.15, -0.1) is 0 Å². The summed E-state index contributed by atoms with van der Waals surface area (Å²) in [5, 5.41) is 12.1. The van der Waals surface area contributed by atoms with Gasteiger partial charge in [0, 0.05) is 6.04 Å². The molecule has 2 aliphatic carbocycles. The fourth-order valence-corrected chi connectivity index (χ4v) is 3.28. The third-order valence-corrected chi connectivity index (χ3v) is 4.22. The molecule has 5 heteroatoms. The summed E-state index contributed by atoms with van der Waals surface area (Å²) >= 11 is 0. The van der Waals surface area contributed by atoms with E-state index < -0.39 is 17.7 Å². The highest BCUT2D eigenvalue weighted by Crippen LogP contribution is 2.48. The van der Waals surface area contributed by atoms with Crippen LogP contribution >= 0.6 is 0 Å². The first-order valence-electron chi connectivity index (χ1n) is 7.00. The van der Waals surface area contributed by atoms with Crippen molar-refractivity contribution in [2.24, 2.45) is 17.8 Å². The molecule has 0 saturated heterocycles. The highest BCUT2D eigenvalue weighted by molar-refractivity contribution is 5.71. The van der Waals surface area contributed by atoms with E-state index in [9.17, 15) is 9.59 Å². The summed E-state index contributed by atoms with van der Waals surface area (Å²) in [5.41, 5.74) is -0.499. The predicted molar refractivity (Wildman–Crippen MR) is 69.7 cm³/mol. The van der Waals surface area contributed by atoms with Crippen molar-refractivity contribution >= 4 is 12.1 Å². The molecule has 0 heterocycles. The minimum atomic E-state index is -0.689. The van der Waals surface area contributed by atoms with Gasteiger partial charge in [-0.1, -0.05) is 0 Å². The van der Waals surface area contributed by atoms with Gasteiger partial charge in [0.05, 0.1) is 5.92 Å². The number of carboxylic acid groups (broad SMARTS) is 1. The van der Waals surface area contributed by atoms with Crippen LogP contribution in [0.1, 0.15) is 46.5 Å². The Morgan fingerprint density at radius 3 is 2.21 bits per heavy atom. The van der Waals surface area contributed by atoms with Gasteiger partial charge in [0.15, 0.2) is 0 Å². The molecule has 4 unspecified atom stereocenters. The summed E-state index contributed by atoms with van der Waals surface area (Å²) in [4.78, 5) is 22.9. The van der Waals surface area contributed by atoms with E-state index in [1.54, 1.807) is 0 Å². The summed E-state index contributed by atoms with van der Waals surface area (Å²) in [5.74, 6) is -0.380. The first-order chi connectivity index (χ1) is 8.78. The average Bonchev–Trinajstić information content (AvgIpc) is 2.16. The lowest BCUT2D eigenvalue weighted by Crippen LogP contribution is -2.54. The second-order valence-electron chi connectivity index (χ2n) is 6.68. The van der Waals surface area contributed by atoms with E-state index in [0.29, 0.717) is 12.3 Å². The lowest BCUT2D eigenvalue weighted by atomic mass is 9.58. The Balaban J connectivity index is 1.90. The Morgan fingerprint density at radius 1 is 1.11 bits per heavy atom. The Morgan fingerprint density at radius 2 is 1.74 bits per heavy atom. The molecule has 0 aromatic carbocycles. The van der Waals surface area contributed by atoms with Gasteiger partial charge in [0.2, 0.25) is 0 Å². The molecule has 2 fully saturated rings. The number of amides is 1. The Kier molecular flexibility index (Phi) is 3.74. The maximum absolute atomic E-state index is 11.8. The number of carbonyl (C=O) groups excluding carboxylic acids is 1. The molecule has 108 valence electrons. The second kappa shape index (κ2) is 5.02. The van der Waals surface area contributed by atoms with Gasteiger partial charge in [-0.2, -0.15) is 0 Å². The number of rotatable bonds is 2. The normalized spacial score (nSPS) is 33.8. The van der Waals surface area contributed by atoms with Crippen molar-refractivity contribution < 1.29 is 19.4 Å². The highest BCUT2D eigenvalue weighted by Gasteiger charge is 2.48. The van der Waals surface area contributed by atoms with Crippen molar-refractivity contribution in [2.75, 3.05) is 0 Å². The summed E-state index contributed by atoms with van der Waals surface area (Å²) in [6.07, 6.45) is 2.97. The van der Waals surface area contributed by atoms with Gasteiger partial charge in [-0.25, -0.2) is 4.79 Å². The predicted octanol–water partition coefficient (Wildman–Crippen LogP) is 2.40. The molecular formula is C14H23NO4. The van der Waals surface area contributed by atoms with Crippen molar-refractivity contribution in [3.05, 3.63) is 0 Å². The maximum Gasteiger partial charge on any atom is 0.407 e. The van der Waals surface area contributed by atoms with E-state index in [1.165, 1.54) is 0 Å².